The summed E-state index contributed by atoms with van der Waals surface area (Å²) in [4.78, 5) is 16.1. The second-order valence-corrected chi connectivity index (χ2v) is 6.85. The molecule has 2 saturated heterocycles. The minimum atomic E-state index is -0.218. The number of nitrogens with zero attached hydrogens (tertiary/aromatic N) is 2. The number of likely N-dealkylation sites (tertiary alicyclic amines) is 1. The van der Waals surface area contributed by atoms with Crippen molar-refractivity contribution in [3.63, 3.8) is 0 Å². The van der Waals surface area contributed by atoms with Gasteiger partial charge in [0.25, 0.3) is 0 Å². The van der Waals surface area contributed by atoms with E-state index in [1.54, 1.807) is 19.2 Å². The van der Waals surface area contributed by atoms with E-state index in [0.717, 1.165) is 38.0 Å². The van der Waals surface area contributed by atoms with Crippen LogP contribution in [0.25, 0.3) is 0 Å². The van der Waals surface area contributed by atoms with Gasteiger partial charge in [0.15, 0.2) is 0 Å². The van der Waals surface area contributed by atoms with E-state index in [1.807, 2.05) is 11.9 Å². The summed E-state index contributed by atoms with van der Waals surface area (Å²) in [6.45, 7) is 2.59. The van der Waals surface area contributed by atoms with Crippen molar-refractivity contribution in [3.8, 4) is 0 Å². The molecule has 0 aromatic heterocycles. The van der Waals surface area contributed by atoms with Crippen LogP contribution in [0, 0.1) is 5.82 Å². The summed E-state index contributed by atoms with van der Waals surface area (Å²) in [5.41, 5.74) is 0.888. The number of anilines is 1. The van der Waals surface area contributed by atoms with Crippen LogP contribution in [0.1, 0.15) is 19.3 Å². The number of amides is 1. The van der Waals surface area contributed by atoms with Gasteiger partial charge in [0.2, 0.25) is 5.91 Å². The van der Waals surface area contributed by atoms with E-state index in [0.29, 0.717) is 13.2 Å². The Kier molecular flexibility index (Phi) is 5.06. The molecule has 1 spiro atoms. The van der Waals surface area contributed by atoms with Gasteiger partial charge in [-0.15, -0.1) is 0 Å². The summed E-state index contributed by atoms with van der Waals surface area (Å²) in [7, 11) is 3.82. The zero-order valence-electron chi connectivity index (χ0n) is 14.4. The first-order valence-corrected chi connectivity index (χ1v) is 8.58. The fourth-order valence-electron chi connectivity index (χ4n) is 3.73. The number of carbonyl (C=O) groups excluding carboxylic acids is 1. The van der Waals surface area contributed by atoms with E-state index < -0.39 is 0 Å². The van der Waals surface area contributed by atoms with Gasteiger partial charge in [-0.05, 0) is 50.6 Å². The Hall–Kier alpha value is -1.66. The largest absolute Gasteiger partial charge is 0.373 e. The molecule has 1 atom stereocenters. The lowest BCUT2D eigenvalue weighted by Crippen LogP contribution is -2.48. The van der Waals surface area contributed by atoms with Crippen molar-refractivity contribution in [3.05, 3.63) is 30.1 Å². The lowest BCUT2D eigenvalue weighted by molar-refractivity contribution is -0.134. The van der Waals surface area contributed by atoms with Gasteiger partial charge in [-0.1, -0.05) is 0 Å². The van der Waals surface area contributed by atoms with E-state index in [2.05, 4.69) is 10.2 Å². The van der Waals surface area contributed by atoms with E-state index in [-0.39, 0.29) is 23.4 Å². The molecule has 2 aliphatic heterocycles. The highest BCUT2D eigenvalue weighted by atomic mass is 19.1. The Balaban J connectivity index is 1.57. The second kappa shape index (κ2) is 7.07. The molecule has 24 heavy (non-hydrogen) atoms. The van der Waals surface area contributed by atoms with Gasteiger partial charge in [0.05, 0.1) is 24.8 Å². The quantitative estimate of drug-likeness (QED) is 0.908. The van der Waals surface area contributed by atoms with Crippen molar-refractivity contribution >= 4 is 11.6 Å². The average Bonchev–Trinajstić information content (AvgIpc) is 2.99. The molecule has 0 unspecified atom stereocenters. The van der Waals surface area contributed by atoms with Gasteiger partial charge in [-0.3, -0.25) is 4.79 Å². The number of nitrogens with one attached hydrogen (secondary N) is 1. The van der Waals surface area contributed by atoms with Gasteiger partial charge in [0.1, 0.15) is 5.82 Å². The molecule has 2 fully saturated rings. The summed E-state index contributed by atoms with van der Waals surface area (Å²) in [5.74, 6) is -0.0600. The van der Waals surface area contributed by atoms with Gasteiger partial charge in [-0.2, -0.15) is 0 Å². The number of hydrogen-bond acceptors (Lipinski definition) is 4. The highest BCUT2D eigenvalue weighted by Gasteiger charge is 2.44. The van der Waals surface area contributed by atoms with Gasteiger partial charge in [-0.25, -0.2) is 4.39 Å². The normalized spacial score (nSPS) is 22.8. The molecule has 0 saturated carbocycles. The van der Waals surface area contributed by atoms with Crippen LogP contribution >= 0.6 is 0 Å². The molecule has 2 aliphatic rings. The molecule has 5 nitrogen and oxygen atoms in total. The molecule has 0 bridgehead atoms. The van der Waals surface area contributed by atoms with Crippen LogP contribution in [0.2, 0.25) is 0 Å². The topological polar surface area (TPSA) is 44.8 Å². The van der Waals surface area contributed by atoms with Crippen molar-refractivity contribution in [2.75, 3.05) is 45.2 Å². The summed E-state index contributed by atoms with van der Waals surface area (Å²) >= 11 is 0. The molecule has 1 aromatic rings. The molecular formula is C18H26FN3O2. The molecule has 1 aromatic carbocycles. The first-order valence-electron chi connectivity index (χ1n) is 8.58. The van der Waals surface area contributed by atoms with Crippen molar-refractivity contribution in [1.82, 2.24) is 10.2 Å². The molecule has 1 N–H and O–H groups in total. The smallest absolute Gasteiger partial charge is 0.236 e. The van der Waals surface area contributed by atoms with Crippen LogP contribution in [-0.2, 0) is 9.53 Å². The standard InChI is InChI=1S/C18H26FN3O2/c1-20-12-17(23)22-9-7-18(8-10-22)11-16(13-24-18)21(2)15-5-3-14(19)4-6-15/h3-6,16,20H,7-13H2,1-2H3/t16-/m1/s1. The van der Waals surface area contributed by atoms with Crippen molar-refractivity contribution in [2.45, 2.75) is 30.9 Å². The Labute approximate surface area is 142 Å². The third-order valence-electron chi connectivity index (χ3n) is 5.33. The van der Waals surface area contributed by atoms with E-state index in [4.69, 9.17) is 4.74 Å². The van der Waals surface area contributed by atoms with Crippen molar-refractivity contribution < 1.29 is 13.9 Å². The third-order valence-corrected chi connectivity index (χ3v) is 5.33. The maximum absolute atomic E-state index is 13.1. The van der Waals surface area contributed by atoms with Gasteiger partial charge in [0, 0.05) is 25.8 Å². The Bertz CT molecular complexity index is 570. The molecule has 6 heteroatoms. The molecule has 3 rings (SSSR count). The van der Waals surface area contributed by atoms with E-state index in [9.17, 15) is 9.18 Å². The first kappa shape index (κ1) is 17.2. The minimum Gasteiger partial charge on any atom is -0.373 e. The molecule has 1 amide bonds. The summed E-state index contributed by atoms with van der Waals surface area (Å²) < 4.78 is 19.3. The number of carbonyl (C=O) groups is 1. The number of rotatable bonds is 4. The Morgan fingerprint density at radius 1 is 1.38 bits per heavy atom. The Morgan fingerprint density at radius 3 is 2.67 bits per heavy atom. The number of ether oxygens (including phenoxy) is 1. The zero-order valence-corrected chi connectivity index (χ0v) is 14.4. The highest BCUT2D eigenvalue weighted by Crippen LogP contribution is 2.38. The molecule has 132 valence electrons. The molecule has 2 heterocycles. The van der Waals surface area contributed by atoms with E-state index >= 15 is 0 Å². The predicted octanol–water partition coefficient (Wildman–Crippen LogP) is 1.63. The van der Waals surface area contributed by atoms with Crippen LogP contribution in [-0.4, -0.2) is 62.8 Å². The maximum Gasteiger partial charge on any atom is 0.236 e. The number of likely N-dealkylation sites (N-methyl/N-ethyl adjacent to an activating group) is 2. The van der Waals surface area contributed by atoms with Crippen LogP contribution < -0.4 is 10.2 Å². The van der Waals surface area contributed by atoms with Crippen molar-refractivity contribution in [2.24, 2.45) is 0 Å². The van der Waals surface area contributed by atoms with Gasteiger partial charge < -0.3 is 19.9 Å². The molecule has 0 radical (unpaired) electrons. The third kappa shape index (κ3) is 3.54. The summed E-state index contributed by atoms with van der Waals surface area (Å²) in [6.07, 6.45) is 2.72. The lowest BCUT2D eigenvalue weighted by Gasteiger charge is -2.39. The monoisotopic (exact) mass is 335 g/mol. The summed E-state index contributed by atoms with van der Waals surface area (Å²) in [6, 6.07) is 6.88. The van der Waals surface area contributed by atoms with Crippen LogP contribution in [0.3, 0.4) is 0 Å². The number of hydrogen-bond donors (Lipinski definition) is 1. The lowest BCUT2D eigenvalue weighted by atomic mass is 9.87. The predicted molar refractivity (Wildman–Crippen MR) is 91.6 cm³/mol. The van der Waals surface area contributed by atoms with Crippen LogP contribution in [0.15, 0.2) is 24.3 Å². The minimum absolute atomic E-state index is 0.116. The maximum atomic E-state index is 13.1. The summed E-state index contributed by atoms with van der Waals surface area (Å²) in [5, 5.41) is 2.91. The Morgan fingerprint density at radius 2 is 2.04 bits per heavy atom. The molecule has 0 aliphatic carbocycles. The van der Waals surface area contributed by atoms with Gasteiger partial charge >= 0.3 is 0 Å². The zero-order chi connectivity index (χ0) is 17.2. The van der Waals surface area contributed by atoms with Crippen LogP contribution in [0.4, 0.5) is 10.1 Å². The fourth-order valence-corrected chi connectivity index (χ4v) is 3.73. The highest BCUT2D eigenvalue weighted by molar-refractivity contribution is 5.78. The SMILES string of the molecule is CNCC(=O)N1CCC2(CC1)C[C@@H](N(C)c1ccc(F)cc1)CO2. The first-order chi connectivity index (χ1) is 11.5. The van der Waals surface area contributed by atoms with Crippen molar-refractivity contribution in [1.29, 1.82) is 0 Å². The average molecular weight is 335 g/mol. The number of benzene rings is 1. The van der Waals surface area contributed by atoms with Crippen LogP contribution in [0.5, 0.6) is 0 Å². The molecular weight excluding hydrogens is 309 g/mol. The fraction of sp³-hybridized carbons (Fsp3) is 0.611. The second-order valence-electron chi connectivity index (χ2n) is 6.85. The number of piperidine rings is 1. The number of halogens is 1. The van der Waals surface area contributed by atoms with E-state index in [1.165, 1.54) is 12.1 Å².